The molecule has 4 nitrogen and oxygen atoms in total. The number of nitrogens with zero attached hydrogens (tertiary/aromatic N) is 2. The zero-order valence-corrected chi connectivity index (χ0v) is 13.8. The van der Waals surface area contributed by atoms with Crippen LogP contribution in [0.2, 0.25) is 0 Å². The monoisotopic (exact) mass is 312 g/mol. The maximum atomic E-state index is 12.5. The molecule has 0 bridgehead atoms. The summed E-state index contributed by atoms with van der Waals surface area (Å²) in [7, 11) is 0. The Bertz CT molecular complexity index is 585. The van der Waals surface area contributed by atoms with Crippen molar-refractivity contribution < 1.29 is 9.53 Å². The van der Waals surface area contributed by atoms with Gasteiger partial charge in [0, 0.05) is 25.5 Å². The molecule has 0 aliphatic rings. The average Bonchev–Trinajstić information content (AvgIpc) is 2.58. The van der Waals surface area contributed by atoms with Gasteiger partial charge in [-0.05, 0) is 37.5 Å². The third-order valence-corrected chi connectivity index (χ3v) is 3.50. The molecule has 0 aliphatic carbocycles. The molecule has 1 amide bonds. The fourth-order valence-electron chi connectivity index (χ4n) is 2.24. The van der Waals surface area contributed by atoms with Crippen molar-refractivity contribution >= 4 is 5.91 Å². The topological polar surface area (TPSA) is 42.4 Å². The first-order valence-electron chi connectivity index (χ1n) is 7.97. The van der Waals surface area contributed by atoms with Crippen molar-refractivity contribution in [2.45, 2.75) is 32.9 Å². The normalized spacial score (nSPS) is 10.7. The van der Waals surface area contributed by atoms with E-state index in [1.807, 2.05) is 49.1 Å². The smallest absolute Gasteiger partial charge is 0.248 e. The predicted molar refractivity (Wildman–Crippen MR) is 90.9 cm³/mol. The van der Waals surface area contributed by atoms with Crippen molar-refractivity contribution in [2.75, 3.05) is 13.2 Å². The van der Waals surface area contributed by atoms with Crippen LogP contribution in [0.4, 0.5) is 0 Å². The number of pyridine rings is 1. The van der Waals surface area contributed by atoms with E-state index in [4.69, 9.17) is 4.74 Å². The molecule has 0 radical (unpaired) electrons. The van der Waals surface area contributed by atoms with Crippen molar-refractivity contribution in [1.29, 1.82) is 0 Å². The van der Waals surface area contributed by atoms with Crippen LogP contribution in [0, 0.1) is 0 Å². The van der Waals surface area contributed by atoms with Crippen LogP contribution in [0.25, 0.3) is 0 Å². The summed E-state index contributed by atoms with van der Waals surface area (Å²) in [6.45, 7) is 5.21. The first kappa shape index (κ1) is 17.2. The maximum absolute atomic E-state index is 12.5. The van der Waals surface area contributed by atoms with Crippen LogP contribution >= 0.6 is 0 Å². The summed E-state index contributed by atoms with van der Waals surface area (Å²) in [6.07, 6.45) is 4.41. The molecule has 23 heavy (non-hydrogen) atoms. The first-order chi connectivity index (χ1) is 11.1. The molecule has 0 atom stereocenters. The lowest BCUT2D eigenvalue weighted by Crippen LogP contribution is -2.35. The number of rotatable bonds is 8. The molecule has 1 aromatic carbocycles. The number of aromatic nitrogens is 1. The van der Waals surface area contributed by atoms with E-state index in [2.05, 4.69) is 17.1 Å². The van der Waals surface area contributed by atoms with Gasteiger partial charge in [0.15, 0.2) is 0 Å². The minimum atomic E-state index is 0.0125. The highest BCUT2D eigenvalue weighted by atomic mass is 16.5. The summed E-state index contributed by atoms with van der Waals surface area (Å²) >= 11 is 0. The second kappa shape index (κ2) is 9.06. The van der Waals surface area contributed by atoms with E-state index in [0.29, 0.717) is 13.1 Å². The highest BCUT2D eigenvalue weighted by molar-refractivity contribution is 5.77. The van der Waals surface area contributed by atoms with Crippen molar-refractivity contribution in [3.8, 4) is 0 Å². The van der Waals surface area contributed by atoms with Gasteiger partial charge in [-0.1, -0.05) is 36.4 Å². The zero-order valence-electron chi connectivity index (χ0n) is 13.8. The van der Waals surface area contributed by atoms with Gasteiger partial charge in [0.25, 0.3) is 0 Å². The van der Waals surface area contributed by atoms with Gasteiger partial charge >= 0.3 is 0 Å². The third kappa shape index (κ3) is 6.20. The average molecular weight is 312 g/mol. The summed E-state index contributed by atoms with van der Waals surface area (Å²) in [5, 5.41) is 0. The van der Waals surface area contributed by atoms with Gasteiger partial charge in [0.2, 0.25) is 5.91 Å². The SMILES string of the molecule is CC(C)OCC(=O)N(CCc1ccccc1)Cc1cccnc1. The number of benzene rings is 1. The Kier molecular flexibility index (Phi) is 6.76. The van der Waals surface area contributed by atoms with Gasteiger partial charge in [0.05, 0.1) is 6.10 Å². The largest absolute Gasteiger partial charge is 0.369 e. The Morgan fingerprint density at radius 1 is 1.13 bits per heavy atom. The van der Waals surface area contributed by atoms with Crippen molar-refractivity contribution in [3.63, 3.8) is 0 Å². The van der Waals surface area contributed by atoms with Crippen LogP contribution in [-0.4, -0.2) is 35.0 Å². The van der Waals surface area contributed by atoms with E-state index in [1.54, 1.807) is 12.4 Å². The van der Waals surface area contributed by atoms with Crippen molar-refractivity contribution in [1.82, 2.24) is 9.88 Å². The Balaban J connectivity index is 1.99. The van der Waals surface area contributed by atoms with Crippen LogP contribution in [-0.2, 0) is 22.5 Å². The number of amides is 1. The molecule has 1 heterocycles. The molecule has 122 valence electrons. The molecule has 2 rings (SSSR count). The predicted octanol–water partition coefficient (Wildman–Crippen LogP) is 3.08. The van der Waals surface area contributed by atoms with E-state index >= 15 is 0 Å². The Labute approximate surface area is 138 Å². The van der Waals surface area contributed by atoms with Gasteiger partial charge in [-0.25, -0.2) is 0 Å². The molecule has 0 saturated heterocycles. The maximum Gasteiger partial charge on any atom is 0.248 e. The second-order valence-electron chi connectivity index (χ2n) is 5.77. The second-order valence-corrected chi connectivity index (χ2v) is 5.77. The molecular formula is C19H24N2O2. The van der Waals surface area contributed by atoms with E-state index < -0.39 is 0 Å². The van der Waals surface area contributed by atoms with Gasteiger partial charge in [-0.15, -0.1) is 0 Å². The van der Waals surface area contributed by atoms with Gasteiger partial charge in [-0.3, -0.25) is 9.78 Å². The fourth-order valence-corrected chi connectivity index (χ4v) is 2.24. The van der Waals surface area contributed by atoms with Gasteiger partial charge in [0.1, 0.15) is 6.61 Å². The van der Waals surface area contributed by atoms with E-state index in [-0.39, 0.29) is 18.6 Å². The zero-order chi connectivity index (χ0) is 16.5. The van der Waals surface area contributed by atoms with E-state index in [9.17, 15) is 4.79 Å². The third-order valence-electron chi connectivity index (χ3n) is 3.50. The molecule has 0 fully saturated rings. The molecule has 2 aromatic rings. The first-order valence-corrected chi connectivity index (χ1v) is 7.97. The Morgan fingerprint density at radius 2 is 1.87 bits per heavy atom. The summed E-state index contributed by atoms with van der Waals surface area (Å²) in [6, 6.07) is 14.1. The van der Waals surface area contributed by atoms with Crippen LogP contribution in [0.5, 0.6) is 0 Å². The lowest BCUT2D eigenvalue weighted by Gasteiger charge is -2.23. The minimum absolute atomic E-state index is 0.0125. The summed E-state index contributed by atoms with van der Waals surface area (Å²) < 4.78 is 5.47. The van der Waals surface area contributed by atoms with E-state index in [0.717, 1.165) is 12.0 Å². The minimum Gasteiger partial charge on any atom is -0.369 e. The van der Waals surface area contributed by atoms with Crippen LogP contribution < -0.4 is 0 Å². The fraction of sp³-hybridized carbons (Fsp3) is 0.368. The quantitative estimate of drug-likeness (QED) is 0.752. The number of hydrogen-bond donors (Lipinski definition) is 0. The molecule has 0 aliphatic heterocycles. The summed E-state index contributed by atoms with van der Waals surface area (Å²) in [5.41, 5.74) is 2.25. The molecular weight excluding hydrogens is 288 g/mol. The number of ether oxygens (including phenoxy) is 1. The van der Waals surface area contributed by atoms with Crippen molar-refractivity contribution in [2.24, 2.45) is 0 Å². The number of carbonyl (C=O) groups excluding carboxylic acids is 1. The van der Waals surface area contributed by atoms with Gasteiger partial charge in [-0.2, -0.15) is 0 Å². The summed E-state index contributed by atoms with van der Waals surface area (Å²) in [4.78, 5) is 18.4. The molecule has 0 N–H and O–H groups in total. The van der Waals surface area contributed by atoms with Crippen LogP contribution in [0.1, 0.15) is 25.0 Å². The highest BCUT2D eigenvalue weighted by Crippen LogP contribution is 2.07. The lowest BCUT2D eigenvalue weighted by molar-refractivity contribution is -0.138. The molecule has 0 saturated carbocycles. The van der Waals surface area contributed by atoms with Crippen LogP contribution in [0.15, 0.2) is 54.9 Å². The van der Waals surface area contributed by atoms with Crippen molar-refractivity contribution in [3.05, 3.63) is 66.0 Å². The molecule has 0 unspecified atom stereocenters. The molecule has 1 aromatic heterocycles. The molecule has 4 heteroatoms. The number of carbonyl (C=O) groups is 1. The standard InChI is InChI=1S/C19H24N2O2/c1-16(2)23-15-19(22)21(14-18-9-6-11-20-13-18)12-10-17-7-4-3-5-8-17/h3-9,11,13,16H,10,12,14-15H2,1-2H3. The highest BCUT2D eigenvalue weighted by Gasteiger charge is 2.15. The Hall–Kier alpha value is -2.20. The van der Waals surface area contributed by atoms with Crippen LogP contribution in [0.3, 0.4) is 0 Å². The lowest BCUT2D eigenvalue weighted by atomic mass is 10.1. The van der Waals surface area contributed by atoms with E-state index in [1.165, 1.54) is 5.56 Å². The Morgan fingerprint density at radius 3 is 2.52 bits per heavy atom. The van der Waals surface area contributed by atoms with Gasteiger partial charge < -0.3 is 9.64 Å². The molecule has 0 spiro atoms. The summed E-state index contributed by atoms with van der Waals surface area (Å²) in [5.74, 6) is 0.0125. The number of hydrogen-bond acceptors (Lipinski definition) is 3.